The van der Waals surface area contributed by atoms with Gasteiger partial charge in [-0.05, 0) is 25.5 Å². The topological polar surface area (TPSA) is 56.7 Å². The van der Waals surface area contributed by atoms with E-state index in [1.165, 1.54) is 6.07 Å². The van der Waals surface area contributed by atoms with Crippen LogP contribution in [-0.2, 0) is 0 Å². The summed E-state index contributed by atoms with van der Waals surface area (Å²) in [7, 11) is 0. The van der Waals surface area contributed by atoms with Crippen LogP contribution in [-0.4, -0.2) is 15.0 Å². The van der Waals surface area contributed by atoms with Crippen molar-refractivity contribution in [3.63, 3.8) is 0 Å². The number of halogens is 1. The van der Waals surface area contributed by atoms with E-state index in [1.807, 2.05) is 6.92 Å². The minimum Gasteiger partial charge on any atom is -0.323 e. The summed E-state index contributed by atoms with van der Waals surface area (Å²) in [5.41, 5.74) is 7.82. The molecule has 0 bridgehead atoms. The Labute approximate surface area is 99.2 Å². The molecule has 4 nitrogen and oxygen atoms in total. The molecule has 1 atom stereocenters. The molecule has 1 unspecified atom stereocenters. The maximum atomic E-state index is 13.4. The fourth-order valence-corrected chi connectivity index (χ4v) is 1.62. The fraction of sp³-hybridized carbons (Fsp3) is 0.333. The second-order valence-corrected chi connectivity index (χ2v) is 3.99. The van der Waals surface area contributed by atoms with E-state index in [0.717, 1.165) is 12.1 Å². The average Bonchev–Trinajstić information content (AvgIpc) is 2.81. The maximum absolute atomic E-state index is 13.4. The molecular weight excluding hydrogens is 219 g/mol. The van der Waals surface area contributed by atoms with Crippen molar-refractivity contribution in [3.8, 4) is 5.69 Å². The molecule has 2 N–H and O–H groups in total. The van der Waals surface area contributed by atoms with Crippen LogP contribution in [0.1, 0.15) is 30.6 Å². The minimum absolute atomic E-state index is 0.127. The van der Waals surface area contributed by atoms with Crippen molar-refractivity contribution < 1.29 is 4.39 Å². The normalized spacial score (nSPS) is 12.7. The first-order valence-corrected chi connectivity index (χ1v) is 5.56. The van der Waals surface area contributed by atoms with Crippen molar-refractivity contribution in [1.82, 2.24) is 15.0 Å². The van der Waals surface area contributed by atoms with Crippen LogP contribution in [0.4, 0.5) is 4.39 Å². The monoisotopic (exact) mass is 234 g/mol. The molecule has 2 rings (SSSR count). The second-order valence-electron chi connectivity index (χ2n) is 3.99. The molecule has 5 heteroatoms. The summed E-state index contributed by atoms with van der Waals surface area (Å²) in [4.78, 5) is 0. The summed E-state index contributed by atoms with van der Waals surface area (Å²) in [5.74, 6) is -0.251. The molecular formula is C12H15FN4. The highest BCUT2D eigenvalue weighted by atomic mass is 19.1. The van der Waals surface area contributed by atoms with Crippen molar-refractivity contribution >= 4 is 0 Å². The molecule has 0 spiro atoms. The van der Waals surface area contributed by atoms with Gasteiger partial charge in [0.25, 0.3) is 0 Å². The molecule has 1 aromatic heterocycles. The number of rotatable bonds is 3. The standard InChI is InChI=1S/C12H15FN4/c1-3-10(14)11-7-17(16-15-11)12-6-4-5-9(13)8(12)2/h4-7,10H,3,14H2,1-2H3. The molecule has 0 aliphatic heterocycles. The first kappa shape index (κ1) is 11.7. The lowest BCUT2D eigenvalue weighted by atomic mass is 10.2. The van der Waals surface area contributed by atoms with Gasteiger partial charge in [0.2, 0.25) is 0 Å². The highest BCUT2D eigenvalue weighted by molar-refractivity contribution is 5.40. The summed E-state index contributed by atoms with van der Waals surface area (Å²) in [6.45, 7) is 3.70. The molecule has 0 amide bonds. The van der Waals surface area contributed by atoms with E-state index in [0.29, 0.717) is 11.3 Å². The molecule has 0 saturated heterocycles. The Balaban J connectivity index is 2.40. The van der Waals surface area contributed by atoms with Crippen LogP contribution in [0.25, 0.3) is 5.69 Å². The average molecular weight is 234 g/mol. The van der Waals surface area contributed by atoms with Crippen molar-refractivity contribution in [2.45, 2.75) is 26.3 Å². The third-order valence-electron chi connectivity index (χ3n) is 2.82. The van der Waals surface area contributed by atoms with Gasteiger partial charge in [-0.1, -0.05) is 18.2 Å². The zero-order chi connectivity index (χ0) is 12.4. The van der Waals surface area contributed by atoms with Gasteiger partial charge in [-0.2, -0.15) is 0 Å². The van der Waals surface area contributed by atoms with Crippen LogP contribution in [0.2, 0.25) is 0 Å². The minimum atomic E-state index is -0.251. The highest BCUT2D eigenvalue weighted by Crippen LogP contribution is 2.17. The van der Waals surface area contributed by atoms with E-state index >= 15 is 0 Å². The van der Waals surface area contributed by atoms with Crippen LogP contribution >= 0.6 is 0 Å². The summed E-state index contributed by atoms with van der Waals surface area (Å²) < 4.78 is 15.0. The van der Waals surface area contributed by atoms with Gasteiger partial charge in [0.05, 0.1) is 23.6 Å². The van der Waals surface area contributed by atoms with Crippen molar-refractivity contribution in [2.24, 2.45) is 5.73 Å². The van der Waals surface area contributed by atoms with E-state index in [-0.39, 0.29) is 11.9 Å². The lowest BCUT2D eigenvalue weighted by Crippen LogP contribution is -2.08. The summed E-state index contributed by atoms with van der Waals surface area (Å²) in [5, 5.41) is 7.98. The molecule has 0 saturated carbocycles. The quantitative estimate of drug-likeness (QED) is 0.885. The number of nitrogens with two attached hydrogens (primary N) is 1. The predicted octanol–water partition coefficient (Wildman–Crippen LogP) is 2.12. The number of aromatic nitrogens is 3. The van der Waals surface area contributed by atoms with Gasteiger partial charge in [0.15, 0.2) is 0 Å². The Kier molecular flexibility index (Phi) is 3.19. The first-order chi connectivity index (χ1) is 8.13. The molecule has 17 heavy (non-hydrogen) atoms. The SMILES string of the molecule is CCC(N)c1cn(-c2cccc(F)c2C)nn1. The van der Waals surface area contributed by atoms with Crippen LogP contribution in [0, 0.1) is 12.7 Å². The van der Waals surface area contributed by atoms with Gasteiger partial charge >= 0.3 is 0 Å². The van der Waals surface area contributed by atoms with Crippen molar-refractivity contribution in [3.05, 3.63) is 41.5 Å². The van der Waals surface area contributed by atoms with Crippen LogP contribution in [0.5, 0.6) is 0 Å². The van der Waals surface area contributed by atoms with Crippen molar-refractivity contribution in [1.29, 1.82) is 0 Å². The Morgan fingerprint density at radius 2 is 2.24 bits per heavy atom. The lowest BCUT2D eigenvalue weighted by Gasteiger charge is -2.05. The van der Waals surface area contributed by atoms with Gasteiger partial charge in [-0.3, -0.25) is 0 Å². The first-order valence-electron chi connectivity index (χ1n) is 5.56. The van der Waals surface area contributed by atoms with Gasteiger partial charge < -0.3 is 5.73 Å². The predicted molar refractivity (Wildman–Crippen MR) is 63.3 cm³/mol. The Bertz CT molecular complexity index is 521. The fourth-order valence-electron chi connectivity index (χ4n) is 1.62. The summed E-state index contributed by atoms with van der Waals surface area (Å²) in [6.07, 6.45) is 2.54. The third kappa shape index (κ3) is 2.19. The van der Waals surface area contributed by atoms with Gasteiger partial charge in [0.1, 0.15) is 5.82 Å². The summed E-state index contributed by atoms with van der Waals surface area (Å²) in [6, 6.07) is 4.75. The number of hydrogen-bond acceptors (Lipinski definition) is 3. The van der Waals surface area contributed by atoms with E-state index in [2.05, 4.69) is 10.3 Å². The van der Waals surface area contributed by atoms with E-state index < -0.39 is 0 Å². The van der Waals surface area contributed by atoms with E-state index in [4.69, 9.17) is 5.73 Å². The molecule has 0 fully saturated rings. The number of nitrogens with zero attached hydrogens (tertiary/aromatic N) is 3. The molecule has 1 aromatic carbocycles. The molecule has 2 aromatic rings. The number of benzene rings is 1. The van der Waals surface area contributed by atoms with Crippen molar-refractivity contribution in [2.75, 3.05) is 0 Å². The molecule has 1 heterocycles. The smallest absolute Gasteiger partial charge is 0.128 e. The molecule has 0 aliphatic carbocycles. The third-order valence-corrected chi connectivity index (χ3v) is 2.82. The molecule has 0 aliphatic rings. The lowest BCUT2D eigenvalue weighted by molar-refractivity contribution is 0.614. The zero-order valence-electron chi connectivity index (χ0n) is 9.89. The second kappa shape index (κ2) is 4.63. The van der Waals surface area contributed by atoms with Crippen LogP contribution < -0.4 is 5.73 Å². The Morgan fingerprint density at radius 1 is 1.47 bits per heavy atom. The van der Waals surface area contributed by atoms with Crippen LogP contribution in [0.15, 0.2) is 24.4 Å². The van der Waals surface area contributed by atoms with Crippen LogP contribution in [0.3, 0.4) is 0 Å². The summed E-state index contributed by atoms with van der Waals surface area (Å²) >= 11 is 0. The molecule has 0 radical (unpaired) electrons. The number of hydrogen-bond donors (Lipinski definition) is 1. The van der Waals surface area contributed by atoms with Gasteiger partial charge in [0, 0.05) is 5.56 Å². The highest BCUT2D eigenvalue weighted by Gasteiger charge is 2.11. The van der Waals surface area contributed by atoms with E-state index in [9.17, 15) is 4.39 Å². The zero-order valence-corrected chi connectivity index (χ0v) is 9.89. The Morgan fingerprint density at radius 3 is 2.94 bits per heavy atom. The molecule has 90 valence electrons. The van der Waals surface area contributed by atoms with Gasteiger partial charge in [-0.15, -0.1) is 5.10 Å². The van der Waals surface area contributed by atoms with Gasteiger partial charge in [-0.25, -0.2) is 9.07 Å². The largest absolute Gasteiger partial charge is 0.323 e. The maximum Gasteiger partial charge on any atom is 0.128 e. The Hall–Kier alpha value is -1.75. The van der Waals surface area contributed by atoms with E-state index in [1.54, 1.807) is 29.9 Å².